The molecule has 0 aliphatic rings. The number of benzene rings is 3. The minimum Gasteiger partial charge on any atom is -0.437 e. The molecule has 160 valence electrons. The predicted octanol–water partition coefficient (Wildman–Crippen LogP) is 5.78. The number of nitrogens with zero attached hydrogens (tertiary/aromatic N) is 2. The fraction of sp³-hybridized carbons (Fsp3) is 0.115. The molecule has 32 heavy (non-hydrogen) atoms. The first-order valence-corrected chi connectivity index (χ1v) is 11.2. The Morgan fingerprint density at radius 3 is 2.28 bits per heavy atom. The first-order chi connectivity index (χ1) is 15.8. The van der Waals surface area contributed by atoms with Crippen molar-refractivity contribution in [1.29, 1.82) is 0 Å². The summed E-state index contributed by atoms with van der Waals surface area (Å²) >= 11 is 1.49. The molecule has 1 heterocycles. The van der Waals surface area contributed by atoms with Crippen molar-refractivity contribution in [2.45, 2.75) is 22.8 Å². The molecule has 0 saturated heterocycles. The van der Waals surface area contributed by atoms with Crippen LogP contribution in [0.2, 0.25) is 0 Å². The average Bonchev–Trinajstić information content (AvgIpc) is 2.85. The van der Waals surface area contributed by atoms with Gasteiger partial charge in [-0.2, -0.15) is 0 Å². The lowest BCUT2D eigenvalue weighted by Gasteiger charge is -2.09. The van der Waals surface area contributed by atoms with Crippen molar-refractivity contribution in [2.75, 3.05) is 6.54 Å². The molecule has 0 bridgehead atoms. The van der Waals surface area contributed by atoms with Crippen LogP contribution in [0.3, 0.4) is 0 Å². The van der Waals surface area contributed by atoms with Gasteiger partial charge >= 0.3 is 0 Å². The first-order valence-electron chi connectivity index (χ1n) is 10.4. The Morgan fingerprint density at radius 1 is 0.844 bits per heavy atom. The SMILES string of the molecule is O=C(NCCCc1ccccc1)c1ccc(Oc2nccnc2Sc2ccccc2)cc1. The van der Waals surface area contributed by atoms with E-state index in [4.69, 9.17) is 4.74 Å². The predicted molar refractivity (Wildman–Crippen MR) is 126 cm³/mol. The lowest BCUT2D eigenvalue weighted by Crippen LogP contribution is -2.24. The maximum Gasteiger partial charge on any atom is 0.252 e. The standard InChI is InChI=1S/C26H23N3O2S/c30-24(27-17-7-10-20-8-3-1-4-9-20)21-13-15-22(16-14-21)31-25-26(29-19-18-28-25)32-23-11-5-2-6-12-23/h1-6,8-9,11-16,18-19H,7,10,17H2,(H,27,30). The molecule has 6 heteroatoms. The second kappa shape index (κ2) is 11.1. The maximum absolute atomic E-state index is 12.4. The molecule has 0 fully saturated rings. The van der Waals surface area contributed by atoms with Crippen molar-refractivity contribution in [3.8, 4) is 11.6 Å². The summed E-state index contributed by atoms with van der Waals surface area (Å²) in [5.41, 5.74) is 1.87. The summed E-state index contributed by atoms with van der Waals surface area (Å²) in [5, 5.41) is 3.65. The van der Waals surface area contributed by atoms with E-state index in [1.807, 2.05) is 48.5 Å². The van der Waals surface area contributed by atoms with Crippen LogP contribution in [-0.2, 0) is 6.42 Å². The minimum atomic E-state index is -0.0931. The van der Waals surface area contributed by atoms with Crippen molar-refractivity contribution >= 4 is 17.7 Å². The van der Waals surface area contributed by atoms with E-state index in [2.05, 4.69) is 27.4 Å². The Morgan fingerprint density at radius 2 is 1.53 bits per heavy atom. The van der Waals surface area contributed by atoms with E-state index in [9.17, 15) is 4.79 Å². The number of carbonyl (C=O) groups excluding carboxylic acids is 1. The molecule has 0 aliphatic carbocycles. The summed E-state index contributed by atoms with van der Waals surface area (Å²) < 4.78 is 5.94. The number of rotatable bonds is 9. The van der Waals surface area contributed by atoms with Crippen LogP contribution in [0.4, 0.5) is 0 Å². The summed E-state index contributed by atoms with van der Waals surface area (Å²) in [6.07, 6.45) is 5.08. The third-order valence-corrected chi connectivity index (χ3v) is 5.67. The van der Waals surface area contributed by atoms with Crippen LogP contribution in [0, 0.1) is 0 Å². The molecular formula is C26H23N3O2S. The second-order valence-corrected chi connectivity index (χ2v) is 8.12. The Hall–Kier alpha value is -3.64. The van der Waals surface area contributed by atoms with Crippen LogP contribution in [-0.4, -0.2) is 22.4 Å². The van der Waals surface area contributed by atoms with E-state index in [1.54, 1.807) is 36.7 Å². The molecule has 4 rings (SSSR count). The highest BCUT2D eigenvalue weighted by Gasteiger charge is 2.11. The Labute approximate surface area is 191 Å². The largest absolute Gasteiger partial charge is 0.437 e. The van der Waals surface area contributed by atoms with Crippen molar-refractivity contribution < 1.29 is 9.53 Å². The summed E-state index contributed by atoms with van der Waals surface area (Å²) in [6, 6.07) is 27.2. The van der Waals surface area contributed by atoms with Gasteiger partial charge in [0, 0.05) is 29.4 Å². The van der Waals surface area contributed by atoms with Crippen molar-refractivity contribution in [3.05, 3.63) is 108 Å². The molecule has 0 aliphatic heterocycles. The number of aromatic nitrogens is 2. The quantitative estimate of drug-likeness (QED) is 0.334. The van der Waals surface area contributed by atoms with Crippen LogP contribution in [0.15, 0.2) is 107 Å². The van der Waals surface area contributed by atoms with Gasteiger partial charge in [0.25, 0.3) is 11.8 Å². The summed E-state index contributed by atoms with van der Waals surface area (Å²) in [6.45, 7) is 0.631. The maximum atomic E-state index is 12.4. The Bertz CT molecular complexity index is 1140. The van der Waals surface area contributed by atoms with Crippen LogP contribution in [0.25, 0.3) is 0 Å². The van der Waals surface area contributed by atoms with Crippen molar-refractivity contribution in [3.63, 3.8) is 0 Å². The van der Waals surface area contributed by atoms with E-state index < -0.39 is 0 Å². The van der Waals surface area contributed by atoms with Gasteiger partial charge in [0.05, 0.1) is 0 Å². The number of amides is 1. The number of hydrogen-bond acceptors (Lipinski definition) is 5. The monoisotopic (exact) mass is 441 g/mol. The van der Waals surface area contributed by atoms with E-state index in [0.717, 1.165) is 17.7 Å². The van der Waals surface area contributed by atoms with Gasteiger partial charge < -0.3 is 10.1 Å². The smallest absolute Gasteiger partial charge is 0.252 e. The fourth-order valence-corrected chi connectivity index (χ4v) is 3.89. The molecule has 0 spiro atoms. The van der Waals surface area contributed by atoms with Crippen LogP contribution < -0.4 is 10.1 Å². The van der Waals surface area contributed by atoms with Crippen LogP contribution in [0.5, 0.6) is 11.6 Å². The molecule has 5 nitrogen and oxygen atoms in total. The van der Waals surface area contributed by atoms with Crippen LogP contribution in [0.1, 0.15) is 22.3 Å². The fourth-order valence-electron chi connectivity index (χ4n) is 3.08. The minimum absolute atomic E-state index is 0.0931. The van der Waals surface area contributed by atoms with Crippen LogP contribution >= 0.6 is 11.8 Å². The second-order valence-electron chi connectivity index (χ2n) is 7.05. The van der Waals surface area contributed by atoms with Gasteiger partial charge in [0.15, 0.2) is 5.03 Å². The van der Waals surface area contributed by atoms with Gasteiger partial charge in [-0.3, -0.25) is 4.79 Å². The zero-order valence-electron chi connectivity index (χ0n) is 17.5. The van der Waals surface area contributed by atoms with Gasteiger partial charge in [0.2, 0.25) is 0 Å². The zero-order valence-corrected chi connectivity index (χ0v) is 18.3. The normalized spacial score (nSPS) is 10.5. The molecule has 0 saturated carbocycles. The third kappa shape index (κ3) is 6.18. The van der Waals surface area contributed by atoms with E-state index in [1.165, 1.54) is 17.3 Å². The molecular weight excluding hydrogens is 418 g/mol. The van der Waals surface area contributed by atoms with Crippen molar-refractivity contribution in [2.24, 2.45) is 0 Å². The Kier molecular flexibility index (Phi) is 7.50. The zero-order chi connectivity index (χ0) is 22.0. The van der Waals surface area contributed by atoms with Gasteiger partial charge in [-0.25, -0.2) is 9.97 Å². The number of ether oxygens (including phenoxy) is 1. The lowest BCUT2D eigenvalue weighted by atomic mass is 10.1. The number of hydrogen-bond donors (Lipinski definition) is 1. The number of aryl methyl sites for hydroxylation is 1. The molecule has 4 aromatic rings. The topological polar surface area (TPSA) is 64.1 Å². The van der Waals surface area contributed by atoms with Gasteiger partial charge in [-0.15, -0.1) is 0 Å². The summed E-state index contributed by atoms with van der Waals surface area (Å²) in [4.78, 5) is 22.2. The van der Waals surface area contributed by atoms with E-state index >= 15 is 0 Å². The first kappa shape index (κ1) is 21.6. The van der Waals surface area contributed by atoms with E-state index in [-0.39, 0.29) is 5.91 Å². The number of nitrogens with one attached hydrogen (secondary N) is 1. The van der Waals surface area contributed by atoms with Gasteiger partial charge in [-0.1, -0.05) is 60.3 Å². The van der Waals surface area contributed by atoms with Gasteiger partial charge in [0.1, 0.15) is 5.75 Å². The number of carbonyl (C=O) groups is 1. The van der Waals surface area contributed by atoms with E-state index in [0.29, 0.717) is 28.8 Å². The lowest BCUT2D eigenvalue weighted by molar-refractivity contribution is 0.0953. The highest BCUT2D eigenvalue weighted by atomic mass is 32.2. The molecule has 0 atom stereocenters. The molecule has 3 aromatic carbocycles. The molecule has 0 radical (unpaired) electrons. The highest BCUT2D eigenvalue weighted by molar-refractivity contribution is 7.99. The third-order valence-electron chi connectivity index (χ3n) is 4.69. The van der Waals surface area contributed by atoms with Crippen molar-refractivity contribution in [1.82, 2.24) is 15.3 Å². The highest BCUT2D eigenvalue weighted by Crippen LogP contribution is 2.33. The molecule has 1 amide bonds. The Balaban J connectivity index is 1.31. The molecule has 1 aromatic heterocycles. The summed E-state index contributed by atoms with van der Waals surface area (Å²) in [7, 11) is 0. The summed E-state index contributed by atoms with van der Waals surface area (Å²) in [5.74, 6) is 0.935. The van der Waals surface area contributed by atoms with Gasteiger partial charge in [-0.05, 0) is 54.8 Å². The molecule has 1 N–H and O–H groups in total. The molecule has 0 unspecified atom stereocenters. The average molecular weight is 442 g/mol.